The maximum Gasteiger partial charge on any atom is 0.0991 e. The monoisotopic (exact) mass is 179 g/mol. The van der Waals surface area contributed by atoms with E-state index < -0.39 is 0 Å². The average Bonchev–Trinajstić information content (AvgIpc) is 2.07. The van der Waals surface area contributed by atoms with Crippen molar-refractivity contribution in [3.63, 3.8) is 0 Å². The standard InChI is InChI=1S/C8H7N.C2H6S/c1-7-2-4-8(6-9)5-3-7;1-2-3/h2-5H,1H3;3H,2H2,1H3. The first-order valence-electron chi connectivity index (χ1n) is 3.82. The molecule has 1 aromatic carbocycles. The predicted molar refractivity (Wildman–Crippen MR) is 55.4 cm³/mol. The van der Waals surface area contributed by atoms with E-state index in [9.17, 15) is 0 Å². The van der Waals surface area contributed by atoms with Gasteiger partial charge >= 0.3 is 0 Å². The van der Waals surface area contributed by atoms with Crippen LogP contribution in [0.2, 0.25) is 0 Å². The summed E-state index contributed by atoms with van der Waals surface area (Å²) in [5.41, 5.74) is 1.91. The van der Waals surface area contributed by atoms with Crippen molar-refractivity contribution < 1.29 is 0 Å². The highest BCUT2D eigenvalue weighted by molar-refractivity contribution is 7.80. The number of hydrogen-bond donors (Lipinski definition) is 1. The molecule has 1 rings (SSSR count). The molecule has 0 aromatic heterocycles. The van der Waals surface area contributed by atoms with Crippen LogP contribution in [0.15, 0.2) is 24.3 Å². The zero-order valence-electron chi connectivity index (χ0n) is 7.41. The number of hydrogen-bond acceptors (Lipinski definition) is 2. The first-order valence-corrected chi connectivity index (χ1v) is 4.45. The first-order chi connectivity index (χ1) is 5.74. The van der Waals surface area contributed by atoms with Crippen molar-refractivity contribution in [1.82, 2.24) is 0 Å². The van der Waals surface area contributed by atoms with E-state index in [-0.39, 0.29) is 0 Å². The Morgan fingerprint density at radius 2 is 1.75 bits per heavy atom. The molecule has 0 unspecified atom stereocenters. The van der Waals surface area contributed by atoms with Gasteiger partial charge in [0.05, 0.1) is 11.6 Å². The van der Waals surface area contributed by atoms with Gasteiger partial charge in [0.2, 0.25) is 0 Å². The summed E-state index contributed by atoms with van der Waals surface area (Å²) in [6.07, 6.45) is 0. The van der Waals surface area contributed by atoms with Crippen molar-refractivity contribution >= 4 is 12.6 Å². The topological polar surface area (TPSA) is 23.8 Å². The van der Waals surface area contributed by atoms with E-state index in [2.05, 4.69) is 18.7 Å². The van der Waals surface area contributed by atoms with Crippen LogP contribution in [-0.2, 0) is 0 Å². The van der Waals surface area contributed by atoms with Gasteiger partial charge in [0.1, 0.15) is 0 Å². The number of benzene rings is 1. The summed E-state index contributed by atoms with van der Waals surface area (Å²) in [6, 6.07) is 9.54. The summed E-state index contributed by atoms with van der Waals surface area (Å²) in [6.45, 7) is 3.99. The molecule has 2 heteroatoms. The molecule has 0 atom stereocenters. The zero-order chi connectivity index (χ0) is 9.40. The Hall–Kier alpha value is -0.940. The van der Waals surface area contributed by atoms with Crippen molar-refractivity contribution in [2.75, 3.05) is 5.75 Å². The van der Waals surface area contributed by atoms with Crippen molar-refractivity contribution in [3.05, 3.63) is 35.4 Å². The molecular formula is C10H13NS. The molecule has 0 aliphatic rings. The van der Waals surface area contributed by atoms with Gasteiger partial charge in [0.15, 0.2) is 0 Å². The summed E-state index contributed by atoms with van der Waals surface area (Å²) in [4.78, 5) is 0. The third kappa shape index (κ3) is 4.81. The minimum atomic E-state index is 0.723. The minimum Gasteiger partial charge on any atom is -0.192 e. The molecule has 0 saturated heterocycles. The van der Waals surface area contributed by atoms with E-state index in [0.717, 1.165) is 11.3 Å². The molecule has 0 bridgehead atoms. The fourth-order valence-electron chi connectivity index (χ4n) is 0.628. The molecule has 12 heavy (non-hydrogen) atoms. The SMILES string of the molecule is CCS.Cc1ccc(C#N)cc1. The highest BCUT2D eigenvalue weighted by Crippen LogP contribution is 1.99. The fourth-order valence-corrected chi connectivity index (χ4v) is 0.628. The van der Waals surface area contributed by atoms with Crippen LogP contribution < -0.4 is 0 Å². The molecule has 0 spiro atoms. The van der Waals surface area contributed by atoms with Crippen LogP contribution in [0.3, 0.4) is 0 Å². The van der Waals surface area contributed by atoms with Gasteiger partial charge in [-0.05, 0) is 24.8 Å². The average molecular weight is 179 g/mol. The molecule has 0 saturated carbocycles. The van der Waals surface area contributed by atoms with Gasteiger partial charge in [-0.15, -0.1) is 0 Å². The Bertz CT molecular complexity index is 246. The normalized spacial score (nSPS) is 7.83. The van der Waals surface area contributed by atoms with Gasteiger partial charge in [-0.25, -0.2) is 0 Å². The smallest absolute Gasteiger partial charge is 0.0991 e. The number of aryl methyl sites for hydroxylation is 1. The van der Waals surface area contributed by atoms with Gasteiger partial charge in [-0.2, -0.15) is 17.9 Å². The van der Waals surface area contributed by atoms with Gasteiger partial charge in [0.25, 0.3) is 0 Å². The molecule has 64 valence electrons. The highest BCUT2D eigenvalue weighted by atomic mass is 32.1. The molecule has 0 amide bonds. The Balaban J connectivity index is 0.000000354. The number of nitriles is 1. The van der Waals surface area contributed by atoms with Crippen LogP contribution >= 0.6 is 12.6 Å². The largest absolute Gasteiger partial charge is 0.192 e. The molecule has 0 aliphatic heterocycles. The van der Waals surface area contributed by atoms with Crippen LogP contribution in [0.4, 0.5) is 0 Å². The van der Waals surface area contributed by atoms with Gasteiger partial charge < -0.3 is 0 Å². The lowest BCUT2D eigenvalue weighted by molar-refractivity contribution is 1.43. The van der Waals surface area contributed by atoms with E-state index in [0.29, 0.717) is 0 Å². The van der Waals surface area contributed by atoms with E-state index >= 15 is 0 Å². The van der Waals surface area contributed by atoms with E-state index in [1.165, 1.54) is 5.56 Å². The second-order valence-electron chi connectivity index (χ2n) is 2.29. The van der Waals surface area contributed by atoms with Gasteiger partial charge in [-0.1, -0.05) is 24.6 Å². The number of thiol groups is 1. The van der Waals surface area contributed by atoms with Crippen LogP contribution in [-0.4, -0.2) is 5.75 Å². The molecule has 1 nitrogen and oxygen atoms in total. The van der Waals surface area contributed by atoms with Crippen LogP contribution in [0.1, 0.15) is 18.1 Å². The summed E-state index contributed by atoms with van der Waals surface area (Å²) in [5.74, 6) is 0.944. The summed E-state index contributed by atoms with van der Waals surface area (Å²) in [5, 5.41) is 8.38. The minimum absolute atomic E-state index is 0.723. The van der Waals surface area contributed by atoms with Crippen LogP contribution in [0, 0.1) is 18.3 Å². The first kappa shape index (κ1) is 11.1. The van der Waals surface area contributed by atoms with Crippen molar-refractivity contribution in [1.29, 1.82) is 5.26 Å². The maximum absolute atomic E-state index is 8.38. The summed E-state index contributed by atoms with van der Waals surface area (Å²) >= 11 is 3.79. The van der Waals surface area contributed by atoms with Crippen molar-refractivity contribution in [2.24, 2.45) is 0 Å². The molecule has 1 aromatic rings. The van der Waals surface area contributed by atoms with E-state index in [1.54, 1.807) is 0 Å². The second-order valence-corrected chi connectivity index (χ2v) is 2.93. The summed E-state index contributed by atoms with van der Waals surface area (Å²) in [7, 11) is 0. The Labute approximate surface area is 79.4 Å². The Morgan fingerprint density at radius 3 is 2.08 bits per heavy atom. The number of rotatable bonds is 0. The lowest BCUT2D eigenvalue weighted by Gasteiger charge is -1.88. The summed E-state index contributed by atoms with van der Waals surface area (Å²) < 4.78 is 0. The lowest BCUT2D eigenvalue weighted by atomic mass is 10.2. The van der Waals surface area contributed by atoms with Crippen molar-refractivity contribution in [2.45, 2.75) is 13.8 Å². The second kappa shape index (κ2) is 6.75. The molecule has 0 N–H and O–H groups in total. The predicted octanol–water partition coefficient (Wildman–Crippen LogP) is 2.80. The highest BCUT2D eigenvalue weighted by Gasteiger charge is 1.84. The maximum atomic E-state index is 8.38. The van der Waals surface area contributed by atoms with Gasteiger partial charge in [0, 0.05) is 0 Å². The molecular weight excluding hydrogens is 166 g/mol. The zero-order valence-corrected chi connectivity index (χ0v) is 8.31. The Kier molecular flexibility index (Phi) is 6.22. The molecule has 0 aliphatic carbocycles. The van der Waals surface area contributed by atoms with Crippen molar-refractivity contribution in [3.8, 4) is 6.07 Å². The third-order valence-corrected chi connectivity index (χ3v) is 1.18. The molecule has 0 radical (unpaired) electrons. The third-order valence-electron chi connectivity index (χ3n) is 1.18. The quantitative estimate of drug-likeness (QED) is 0.608. The van der Waals surface area contributed by atoms with Crippen LogP contribution in [0.25, 0.3) is 0 Å². The fraction of sp³-hybridized carbons (Fsp3) is 0.300. The molecule has 0 fully saturated rings. The van der Waals surface area contributed by atoms with Gasteiger partial charge in [-0.3, -0.25) is 0 Å². The van der Waals surface area contributed by atoms with E-state index in [4.69, 9.17) is 5.26 Å². The van der Waals surface area contributed by atoms with E-state index in [1.807, 2.05) is 38.1 Å². The number of nitrogens with zero attached hydrogens (tertiary/aromatic N) is 1. The van der Waals surface area contributed by atoms with Crippen LogP contribution in [0.5, 0.6) is 0 Å². The Morgan fingerprint density at radius 1 is 1.33 bits per heavy atom. The molecule has 0 heterocycles. The lowest BCUT2D eigenvalue weighted by Crippen LogP contribution is -1.72.